The fourth-order valence-electron chi connectivity index (χ4n) is 2.30. The highest BCUT2D eigenvalue weighted by molar-refractivity contribution is 7.91. The highest BCUT2D eigenvalue weighted by atomic mass is 32.2. The number of hydrogen-bond acceptors (Lipinski definition) is 3. The van der Waals surface area contributed by atoms with Gasteiger partial charge in [-0.05, 0) is 37.9 Å². The zero-order valence-corrected chi connectivity index (χ0v) is 11.2. The second kappa shape index (κ2) is 4.78. The van der Waals surface area contributed by atoms with Crippen molar-refractivity contribution in [1.82, 2.24) is 5.32 Å². The van der Waals surface area contributed by atoms with E-state index >= 15 is 0 Å². The summed E-state index contributed by atoms with van der Waals surface area (Å²) in [5.41, 5.74) is 3.45. The fourth-order valence-corrected chi connectivity index (χ4v) is 3.86. The molecule has 1 N–H and O–H groups in total. The highest BCUT2D eigenvalue weighted by Crippen LogP contribution is 2.22. The van der Waals surface area contributed by atoms with Crippen molar-refractivity contribution in [2.45, 2.75) is 26.3 Å². The molecule has 0 saturated carbocycles. The molecule has 17 heavy (non-hydrogen) atoms. The third-order valence-electron chi connectivity index (χ3n) is 3.25. The van der Waals surface area contributed by atoms with Crippen LogP contribution in [-0.2, 0) is 9.84 Å². The summed E-state index contributed by atoms with van der Waals surface area (Å²) in [6.07, 6.45) is 0.712. The lowest BCUT2D eigenvalue weighted by atomic mass is 10.00. The smallest absolute Gasteiger partial charge is 0.152 e. The molecule has 1 aliphatic rings. The summed E-state index contributed by atoms with van der Waals surface area (Å²) in [4.78, 5) is 0. The summed E-state index contributed by atoms with van der Waals surface area (Å²) in [6.45, 7) is 4.85. The van der Waals surface area contributed by atoms with Crippen molar-refractivity contribution >= 4 is 9.84 Å². The number of aryl methyl sites for hydroxylation is 2. The van der Waals surface area contributed by atoms with Crippen LogP contribution in [0.15, 0.2) is 18.2 Å². The maximum atomic E-state index is 11.8. The van der Waals surface area contributed by atoms with Crippen molar-refractivity contribution in [2.24, 2.45) is 0 Å². The minimum atomic E-state index is -2.91. The first kappa shape index (κ1) is 12.6. The van der Waals surface area contributed by atoms with Crippen molar-refractivity contribution in [3.05, 3.63) is 34.9 Å². The van der Waals surface area contributed by atoms with Crippen LogP contribution in [0.3, 0.4) is 0 Å². The molecule has 4 heteroatoms. The van der Waals surface area contributed by atoms with Gasteiger partial charge in [0.2, 0.25) is 0 Å². The Hall–Kier alpha value is -0.870. The first-order chi connectivity index (χ1) is 7.98. The number of nitrogens with one attached hydrogen (secondary N) is 1. The van der Waals surface area contributed by atoms with E-state index in [9.17, 15) is 8.42 Å². The van der Waals surface area contributed by atoms with Gasteiger partial charge in [-0.15, -0.1) is 0 Å². The maximum Gasteiger partial charge on any atom is 0.152 e. The Labute approximate surface area is 103 Å². The average Bonchev–Trinajstić information content (AvgIpc) is 2.43. The van der Waals surface area contributed by atoms with Crippen LogP contribution in [0.2, 0.25) is 0 Å². The van der Waals surface area contributed by atoms with Crippen molar-refractivity contribution in [2.75, 3.05) is 18.1 Å². The van der Waals surface area contributed by atoms with Gasteiger partial charge in [0.05, 0.1) is 11.5 Å². The molecule has 94 valence electrons. The van der Waals surface area contributed by atoms with Crippen LogP contribution in [0.25, 0.3) is 0 Å². The summed E-state index contributed by atoms with van der Waals surface area (Å²) in [6, 6.07) is 6.16. The molecule has 0 spiro atoms. The molecule has 2 rings (SSSR count). The second-order valence-corrected chi connectivity index (χ2v) is 7.06. The van der Waals surface area contributed by atoms with Gasteiger partial charge in [0, 0.05) is 6.04 Å². The first-order valence-electron chi connectivity index (χ1n) is 5.99. The van der Waals surface area contributed by atoms with E-state index in [0.29, 0.717) is 12.2 Å². The summed E-state index contributed by atoms with van der Waals surface area (Å²) >= 11 is 0. The molecule has 0 amide bonds. The predicted octanol–water partition coefficient (Wildman–Crippen LogP) is 1.75. The van der Waals surface area contributed by atoms with Crippen LogP contribution in [0.1, 0.15) is 29.2 Å². The lowest BCUT2D eigenvalue weighted by Crippen LogP contribution is -2.26. The third kappa shape index (κ3) is 3.07. The van der Waals surface area contributed by atoms with Gasteiger partial charge in [0.15, 0.2) is 9.84 Å². The molecule has 1 unspecified atom stereocenters. The fraction of sp³-hybridized carbons (Fsp3) is 0.538. The summed E-state index contributed by atoms with van der Waals surface area (Å²) in [5, 5.41) is 3.34. The van der Waals surface area contributed by atoms with E-state index in [1.54, 1.807) is 0 Å². The Kier molecular flexibility index (Phi) is 3.54. The molecular formula is C13H19NO2S. The van der Waals surface area contributed by atoms with Crippen molar-refractivity contribution in [3.8, 4) is 0 Å². The van der Waals surface area contributed by atoms with Crippen LogP contribution < -0.4 is 5.32 Å². The lowest BCUT2D eigenvalue weighted by Gasteiger charge is -2.18. The average molecular weight is 253 g/mol. The van der Waals surface area contributed by atoms with Gasteiger partial charge >= 0.3 is 0 Å². The third-order valence-corrected chi connectivity index (χ3v) is 5.01. The zero-order chi connectivity index (χ0) is 12.5. The highest BCUT2D eigenvalue weighted by Gasteiger charge is 2.24. The molecular weight excluding hydrogens is 234 g/mol. The molecule has 0 radical (unpaired) electrons. The van der Waals surface area contributed by atoms with Crippen molar-refractivity contribution in [1.29, 1.82) is 0 Å². The van der Waals surface area contributed by atoms with Gasteiger partial charge < -0.3 is 5.32 Å². The Morgan fingerprint density at radius 3 is 2.82 bits per heavy atom. The molecule has 1 atom stereocenters. The Balaban J connectivity index is 2.35. The van der Waals surface area contributed by atoms with E-state index in [1.807, 2.05) is 13.8 Å². The predicted molar refractivity (Wildman–Crippen MR) is 69.9 cm³/mol. The van der Waals surface area contributed by atoms with E-state index in [4.69, 9.17) is 0 Å². The topological polar surface area (TPSA) is 46.2 Å². The SMILES string of the molecule is Cc1ccc(C)c(C2CS(=O)(=O)CCCN2)c1. The maximum absolute atomic E-state index is 11.8. The molecule has 1 heterocycles. The van der Waals surface area contributed by atoms with E-state index in [1.165, 1.54) is 5.56 Å². The Morgan fingerprint density at radius 1 is 1.29 bits per heavy atom. The van der Waals surface area contributed by atoms with Gasteiger partial charge in [-0.2, -0.15) is 0 Å². The second-order valence-electron chi connectivity index (χ2n) is 4.83. The minimum Gasteiger partial charge on any atom is -0.309 e. The first-order valence-corrected chi connectivity index (χ1v) is 7.81. The van der Waals surface area contributed by atoms with Crippen LogP contribution >= 0.6 is 0 Å². The molecule has 1 aromatic carbocycles. The van der Waals surface area contributed by atoms with Gasteiger partial charge in [-0.1, -0.05) is 23.8 Å². The Morgan fingerprint density at radius 2 is 2.06 bits per heavy atom. The Bertz CT molecular complexity index is 508. The quantitative estimate of drug-likeness (QED) is 0.829. The monoisotopic (exact) mass is 253 g/mol. The van der Waals surface area contributed by atoms with Crippen LogP contribution in [-0.4, -0.2) is 26.5 Å². The number of hydrogen-bond donors (Lipinski definition) is 1. The van der Waals surface area contributed by atoms with Gasteiger partial charge in [0.1, 0.15) is 0 Å². The molecule has 1 aromatic rings. The van der Waals surface area contributed by atoms with Crippen molar-refractivity contribution in [3.63, 3.8) is 0 Å². The van der Waals surface area contributed by atoms with E-state index < -0.39 is 9.84 Å². The normalized spacial score (nSPS) is 24.2. The van der Waals surface area contributed by atoms with Crippen molar-refractivity contribution < 1.29 is 8.42 Å². The van der Waals surface area contributed by atoms with Crippen LogP contribution in [0.4, 0.5) is 0 Å². The number of benzene rings is 1. The van der Waals surface area contributed by atoms with Crippen LogP contribution in [0.5, 0.6) is 0 Å². The molecule has 0 aromatic heterocycles. The zero-order valence-electron chi connectivity index (χ0n) is 10.4. The lowest BCUT2D eigenvalue weighted by molar-refractivity contribution is 0.570. The number of rotatable bonds is 1. The van der Waals surface area contributed by atoms with Gasteiger partial charge in [0.25, 0.3) is 0 Å². The van der Waals surface area contributed by atoms with E-state index in [-0.39, 0.29) is 11.8 Å². The standard InChI is InChI=1S/C13H19NO2S/c1-10-4-5-11(2)12(8-10)13-9-17(15,16)7-3-6-14-13/h4-5,8,13-14H,3,6-7,9H2,1-2H3. The summed E-state index contributed by atoms with van der Waals surface area (Å²) < 4.78 is 23.6. The largest absolute Gasteiger partial charge is 0.309 e. The molecule has 1 fully saturated rings. The van der Waals surface area contributed by atoms with Gasteiger partial charge in [-0.3, -0.25) is 0 Å². The molecule has 1 aliphatic heterocycles. The molecule has 3 nitrogen and oxygen atoms in total. The van der Waals surface area contributed by atoms with Crippen LogP contribution in [0, 0.1) is 13.8 Å². The molecule has 0 bridgehead atoms. The number of sulfone groups is 1. The molecule has 0 aliphatic carbocycles. The van der Waals surface area contributed by atoms with Gasteiger partial charge in [-0.25, -0.2) is 8.42 Å². The van der Waals surface area contributed by atoms with E-state index in [0.717, 1.165) is 17.7 Å². The van der Waals surface area contributed by atoms with E-state index in [2.05, 4.69) is 23.5 Å². The summed E-state index contributed by atoms with van der Waals surface area (Å²) in [5.74, 6) is 0.526. The summed E-state index contributed by atoms with van der Waals surface area (Å²) in [7, 11) is -2.91. The molecule has 1 saturated heterocycles. The minimum absolute atomic E-state index is 0.0533.